The van der Waals surface area contributed by atoms with E-state index in [1.807, 2.05) is 63.2 Å². The third kappa shape index (κ3) is 4.00. The smallest absolute Gasteiger partial charge is 0.237 e. The third-order valence-electron chi connectivity index (χ3n) is 4.59. The van der Waals surface area contributed by atoms with Crippen molar-refractivity contribution in [3.8, 4) is 22.9 Å². The summed E-state index contributed by atoms with van der Waals surface area (Å²) in [4.78, 5) is 20.7. The molecule has 148 valence electrons. The van der Waals surface area contributed by atoms with Gasteiger partial charge in [0.05, 0.1) is 17.8 Å². The first-order chi connectivity index (χ1) is 14.0. The van der Waals surface area contributed by atoms with Crippen LogP contribution in [0.15, 0.2) is 69.0 Å². The molecule has 0 aliphatic heterocycles. The Bertz CT molecular complexity index is 1040. The van der Waals surface area contributed by atoms with Crippen LogP contribution in [0.3, 0.4) is 0 Å². The summed E-state index contributed by atoms with van der Waals surface area (Å²) in [5.41, 5.74) is 4.30. The number of furan rings is 2. The van der Waals surface area contributed by atoms with Crippen molar-refractivity contribution in [1.82, 2.24) is 9.97 Å². The Balaban J connectivity index is 1.56. The lowest BCUT2D eigenvalue weighted by Gasteiger charge is -2.14. The molecule has 0 aliphatic carbocycles. The molecular formula is C22H21N3O3S. The number of para-hydroxylation sites is 1. The molecule has 3 aromatic heterocycles. The molecule has 3 heterocycles. The van der Waals surface area contributed by atoms with Crippen LogP contribution in [0.5, 0.6) is 0 Å². The second kappa shape index (κ2) is 8.05. The summed E-state index contributed by atoms with van der Waals surface area (Å²) < 4.78 is 11.0. The van der Waals surface area contributed by atoms with Gasteiger partial charge in [-0.05, 0) is 56.2 Å². The van der Waals surface area contributed by atoms with E-state index in [-0.39, 0.29) is 11.2 Å². The summed E-state index contributed by atoms with van der Waals surface area (Å²) in [6.45, 7) is 5.83. The summed E-state index contributed by atoms with van der Waals surface area (Å²) in [7, 11) is 0. The number of thioether (sulfide) groups is 1. The minimum Gasteiger partial charge on any atom is -0.463 e. The molecule has 0 aliphatic rings. The first-order valence-electron chi connectivity index (χ1n) is 9.24. The Labute approximate surface area is 172 Å². The largest absolute Gasteiger partial charge is 0.463 e. The molecule has 6 nitrogen and oxygen atoms in total. The highest BCUT2D eigenvalue weighted by molar-refractivity contribution is 8.00. The first-order valence-corrected chi connectivity index (χ1v) is 10.1. The molecule has 0 bridgehead atoms. The predicted octanol–water partition coefficient (Wildman–Crippen LogP) is 5.67. The topological polar surface area (TPSA) is 84.1 Å². The van der Waals surface area contributed by atoms with E-state index in [2.05, 4.69) is 15.3 Å². The van der Waals surface area contributed by atoms with Gasteiger partial charge >= 0.3 is 0 Å². The number of imidazole rings is 1. The van der Waals surface area contributed by atoms with E-state index in [1.165, 1.54) is 11.8 Å². The molecule has 0 saturated carbocycles. The second-order valence-electron chi connectivity index (χ2n) is 6.74. The van der Waals surface area contributed by atoms with Gasteiger partial charge in [0.2, 0.25) is 5.91 Å². The van der Waals surface area contributed by atoms with E-state index in [9.17, 15) is 4.79 Å². The number of aromatic amines is 1. The summed E-state index contributed by atoms with van der Waals surface area (Å²) in [5, 5.41) is 3.30. The van der Waals surface area contributed by atoms with Gasteiger partial charge in [-0.3, -0.25) is 4.79 Å². The molecule has 2 N–H and O–H groups in total. The summed E-state index contributed by atoms with van der Waals surface area (Å²) in [6, 6.07) is 13.3. The van der Waals surface area contributed by atoms with Gasteiger partial charge in [0, 0.05) is 5.69 Å². The molecule has 0 fully saturated rings. The lowest BCUT2D eigenvalue weighted by atomic mass is 10.1. The van der Waals surface area contributed by atoms with E-state index in [0.717, 1.165) is 22.5 Å². The number of nitrogens with one attached hydrogen (secondary N) is 2. The van der Waals surface area contributed by atoms with Gasteiger partial charge in [-0.1, -0.05) is 30.0 Å². The monoisotopic (exact) mass is 407 g/mol. The average Bonchev–Trinajstić information content (AvgIpc) is 3.45. The number of hydrogen-bond acceptors (Lipinski definition) is 5. The fourth-order valence-electron chi connectivity index (χ4n) is 3.06. The Morgan fingerprint density at radius 3 is 2.31 bits per heavy atom. The minimum absolute atomic E-state index is 0.0807. The lowest BCUT2D eigenvalue weighted by Crippen LogP contribution is -2.23. The van der Waals surface area contributed by atoms with Crippen LogP contribution in [-0.4, -0.2) is 21.1 Å². The predicted molar refractivity (Wildman–Crippen MR) is 114 cm³/mol. The number of carbonyl (C=O) groups excluding carboxylic acids is 1. The number of aromatic nitrogens is 2. The summed E-state index contributed by atoms with van der Waals surface area (Å²) >= 11 is 1.35. The Hall–Kier alpha value is -3.19. The van der Waals surface area contributed by atoms with Crippen LogP contribution in [-0.2, 0) is 4.79 Å². The number of hydrogen-bond donors (Lipinski definition) is 2. The van der Waals surface area contributed by atoms with Gasteiger partial charge in [-0.2, -0.15) is 0 Å². The van der Waals surface area contributed by atoms with Crippen LogP contribution in [0.1, 0.15) is 18.1 Å². The van der Waals surface area contributed by atoms with Crippen molar-refractivity contribution in [2.75, 3.05) is 5.32 Å². The van der Waals surface area contributed by atoms with Crippen molar-refractivity contribution in [1.29, 1.82) is 0 Å². The zero-order valence-electron chi connectivity index (χ0n) is 16.4. The molecule has 0 radical (unpaired) electrons. The molecule has 4 rings (SSSR count). The molecule has 0 spiro atoms. The molecule has 1 amide bonds. The van der Waals surface area contributed by atoms with Gasteiger partial charge in [-0.15, -0.1) is 0 Å². The number of rotatable bonds is 6. The molecule has 1 aromatic carbocycles. The molecule has 0 saturated heterocycles. The molecule has 1 unspecified atom stereocenters. The molecule has 7 heteroatoms. The minimum atomic E-state index is -0.353. The first kappa shape index (κ1) is 19.1. The van der Waals surface area contributed by atoms with E-state index in [0.29, 0.717) is 22.4 Å². The SMILES string of the molecule is Cc1cccc(C)c1NC(=O)C(C)Sc1nc(-c2ccco2)c(-c2ccco2)[nH]1. The van der Waals surface area contributed by atoms with Crippen molar-refractivity contribution in [2.24, 2.45) is 0 Å². The molecular weight excluding hydrogens is 386 g/mol. The van der Waals surface area contributed by atoms with Crippen LogP contribution in [0.2, 0.25) is 0 Å². The summed E-state index contributed by atoms with van der Waals surface area (Å²) in [6.07, 6.45) is 3.21. The van der Waals surface area contributed by atoms with Gasteiger partial charge in [0.15, 0.2) is 16.7 Å². The maximum atomic E-state index is 12.8. The molecule has 1 atom stereocenters. The van der Waals surface area contributed by atoms with E-state index in [4.69, 9.17) is 8.83 Å². The van der Waals surface area contributed by atoms with Crippen LogP contribution >= 0.6 is 11.8 Å². The van der Waals surface area contributed by atoms with Gasteiger partial charge in [0.25, 0.3) is 0 Å². The quantitative estimate of drug-likeness (QED) is 0.403. The van der Waals surface area contributed by atoms with E-state index >= 15 is 0 Å². The standard InChI is InChI=1S/C22H21N3O3S/c1-13-7-4-8-14(2)18(13)23-21(26)15(3)29-22-24-19(16-9-5-11-27-16)20(25-22)17-10-6-12-28-17/h4-12,15H,1-3H3,(H,23,26)(H,24,25). The number of benzene rings is 1. The number of nitrogens with zero attached hydrogens (tertiary/aromatic N) is 1. The van der Waals surface area contributed by atoms with Gasteiger partial charge < -0.3 is 19.1 Å². The maximum absolute atomic E-state index is 12.8. The number of H-pyrrole nitrogens is 1. The van der Waals surface area contributed by atoms with Crippen LogP contribution in [0.25, 0.3) is 22.9 Å². The second-order valence-corrected chi connectivity index (χ2v) is 8.07. The number of aryl methyl sites for hydroxylation is 2. The van der Waals surface area contributed by atoms with Crippen LogP contribution < -0.4 is 5.32 Å². The normalized spacial score (nSPS) is 12.1. The Morgan fingerprint density at radius 2 is 1.69 bits per heavy atom. The number of amides is 1. The van der Waals surface area contributed by atoms with Gasteiger partial charge in [0.1, 0.15) is 11.4 Å². The molecule has 4 aromatic rings. The Morgan fingerprint density at radius 1 is 1.03 bits per heavy atom. The highest BCUT2D eigenvalue weighted by Gasteiger charge is 2.22. The third-order valence-corrected chi connectivity index (χ3v) is 5.58. The zero-order valence-corrected chi connectivity index (χ0v) is 17.2. The Kier molecular flexibility index (Phi) is 5.31. The van der Waals surface area contributed by atoms with Crippen LogP contribution in [0, 0.1) is 13.8 Å². The lowest BCUT2D eigenvalue weighted by molar-refractivity contribution is -0.115. The van der Waals surface area contributed by atoms with Crippen molar-refractivity contribution in [3.63, 3.8) is 0 Å². The fraction of sp³-hybridized carbons (Fsp3) is 0.182. The van der Waals surface area contributed by atoms with Gasteiger partial charge in [-0.25, -0.2) is 4.98 Å². The van der Waals surface area contributed by atoms with Crippen LogP contribution in [0.4, 0.5) is 5.69 Å². The van der Waals surface area contributed by atoms with Crippen molar-refractivity contribution in [2.45, 2.75) is 31.2 Å². The number of carbonyl (C=O) groups is 1. The zero-order chi connectivity index (χ0) is 20.4. The average molecular weight is 407 g/mol. The number of anilines is 1. The maximum Gasteiger partial charge on any atom is 0.237 e. The van der Waals surface area contributed by atoms with Crippen molar-refractivity contribution >= 4 is 23.4 Å². The summed E-state index contributed by atoms with van der Waals surface area (Å²) in [5.74, 6) is 1.21. The fourth-order valence-corrected chi connectivity index (χ4v) is 3.86. The van der Waals surface area contributed by atoms with Crippen molar-refractivity contribution in [3.05, 3.63) is 66.1 Å². The van der Waals surface area contributed by atoms with Crippen molar-refractivity contribution < 1.29 is 13.6 Å². The van der Waals surface area contributed by atoms with E-state index in [1.54, 1.807) is 12.5 Å². The highest BCUT2D eigenvalue weighted by Crippen LogP contribution is 2.34. The molecule has 29 heavy (non-hydrogen) atoms. The van der Waals surface area contributed by atoms with E-state index < -0.39 is 0 Å². The highest BCUT2D eigenvalue weighted by atomic mass is 32.2.